The predicted molar refractivity (Wildman–Crippen MR) is 110 cm³/mol. The van der Waals surface area contributed by atoms with E-state index in [2.05, 4.69) is 22.3 Å². The van der Waals surface area contributed by atoms with E-state index < -0.39 is 0 Å². The Hall–Kier alpha value is -2.82. The van der Waals surface area contributed by atoms with Crippen LogP contribution in [-0.2, 0) is 33.6 Å². The highest BCUT2D eigenvalue weighted by Crippen LogP contribution is 2.23. The molecule has 1 heterocycles. The monoisotopic (exact) mass is 378 g/mol. The van der Waals surface area contributed by atoms with Crippen molar-refractivity contribution in [1.29, 1.82) is 0 Å². The van der Waals surface area contributed by atoms with Gasteiger partial charge in [-0.05, 0) is 73.1 Å². The topological polar surface area (TPSA) is 58.6 Å². The number of carbonyl (C=O) groups is 2. The number of fused-ring (bicyclic) bond motifs is 1. The molecule has 5 heteroatoms. The highest BCUT2D eigenvalue weighted by atomic mass is 16.5. The van der Waals surface area contributed by atoms with Crippen molar-refractivity contribution < 1.29 is 14.3 Å². The number of carbonyl (C=O) groups excluding carboxylic acids is 2. The largest absolute Gasteiger partial charge is 0.455 e. The minimum absolute atomic E-state index is 0.199. The SMILES string of the molecule is O=C(COC(=O)Cc1ccc2c(c1)CCC2)Nc1ccc(N2CCCC2)cc1. The standard InChI is InChI=1S/C23H26N2O3/c26-22(24-20-8-10-21(11-9-20)25-12-1-2-13-25)16-28-23(27)15-17-6-7-18-4-3-5-19(18)14-17/h6-11,14H,1-5,12-13,15-16H2,(H,24,26). The summed E-state index contributed by atoms with van der Waals surface area (Å²) >= 11 is 0. The van der Waals surface area contributed by atoms with Crippen molar-refractivity contribution in [1.82, 2.24) is 0 Å². The first-order valence-corrected chi connectivity index (χ1v) is 10.1. The molecule has 5 nitrogen and oxygen atoms in total. The van der Waals surface area contributed by atoms with Crippen LogP contribution in [0, 0.1) is 0 Å². The molecule has 1 N–H and O–H groups in total. The van der Waals surface area contributed by atoms with Gasteiger partial charge in [0, 0.05) is 24.5 Å². The van der Waals surface area contributed by atoms with E-state index in [0.29, 0.717) is 5.69 Å². The molecule has 146 valence electrons. The van der Waals surface area contributed by atoms with Gasteiger partial charge in [0.25, 0.3) is 5.91 Å². The zero-order valence-electron chi connectivity index (χ0n) is 16.1. The van der Waals surface area contributed by atoms with Gasteiger partial charge in [0.05, 0.1) is 6.42 Å². The van der Waals surface area contributed by atoms with Gasteiger partial charge in [-0.2, -0.15) is 0 Å². The Balaban J connectivity index is 1.23. The van der Waals surface area contributed by atoms with Gasteiger partial charge in [-0.3, -0.25) is 9.59 Å². The number of amides is 1. The highest BCUT2D eigenvalue weighted by Gasteiger charge is 2.14. The molecule has 1 amide bonds. The first kappa shape index (κ1) is 18.5. The van der Waals surface area contributed by atoms with E-state index in [4.69, 9.17) is 4.74 Å². The van der Waals surface area contributed by atoms with Crippen molar-refractivity contribution in [2.24, 2.45) is 0 Å². The molecule has 1 fully saturated rings. The van der Waals surface area contributed by atoms with E-state index in [9.17, 15) is 9.59 Å². The van der Waals surface area contributed by atoms with Crippen LogP contribution in [0.4, 0.5) is 11.4 Å². The maximum absolute atomic E-state index is 12.1. The zero-order valence-corrected chi connectivity index (χ0v) is 16.1. The third-order valence-electron chi connectivity index (χ3n) is 5.50. The van der Waals surface area contributed by atoms with Crippen LogP contribution in [0.25, 0.3) is 0 Å². The van der Waals surface area contributed by atoms with E-state index in [0.717, 1.165) is 31.5 Å². The Morgan fingerprint density at radius 1 is 0.929 bits per heavy atom. The van der Waals surface area contributed by atoms with E-state index in [1.807, 2.05) is 30.3 Å². The van der Waals surface area contributed by atoms with E-state index in [1.165, 1.54) is 36.1 Å². The van der Waals surface area contributed by atoms with Gasteiger partial charge in [-0.15, -0.1) is 0 Å². The number of benzene rings is 2. The lowest BCUT2D eigenvalue weighted by Crippen LogP contribution is -2.22. The summed E-state index contributed by atoms with van der Waals surface area (Å²) in [5.74, 6) is -0.700. The number of esters is 1. The van der Waals surface area contributed by atoms with Gasteiger partial charge in [-0.1, -0.05) is 18.2 Å². The number of rotatable bonds is 6. The van der Waals surface area contributed by atoms with Crippen LogP contribution in [0.1, 0.15) is 36.0 Å². The van der Waals surface area contributed by atoms with Gasteiger partial charge in [-0.25, -0.2) is 0 Å². The molecule has 1 aliphatic heterocycles. The summed E-state index contributed by atoms with van der Waals surface area (Å²) in [4.78, 5) is 26.5. The Kier molecular flexibility index (Phi) is 5.60. The second kappa shape index (κ2) is 8.46. The normalized spacial score (nSPS) is 15.4. The first-order valence-electron chi connectivity index (χ1n) is 10.1. The molecular formula is C23H26N2O3. The Labute approximate surface area is 165 Å². The Bertz CT molecular complexity index is 855. The molecule has 0 bridgehead atoms. The lowest BCUT2D eigenvalue weighted by Gasteiger charge is -2.17. The first-order chi connectivity index (χ1) is 13.7. The molecule has 28 heavy (non-hydrogen) atoms. The van der Waals surface area contributed by atoms with Crippen LogP contribution < -0.4 is 10.2 Å². The van der Waals surface area contributed by atoms with Crippen molar-refractivity contribution in [2.45, 2.75) is 38.5 Å². The van der Waals surface area contributed by atoms with Gasteiger partial charge in [0.15, 0.2) is 6.61 Å². The Morgan fingerprint density at radius 2 is 1.68 bits per heavy atom. The van der Waals surface area contributed by atoms with E-state index >= 15 is 0 Å². The fourth-order valence-electron chi connectivity index (χ4n) is 4.03. The molecule has 1 saturated heterocycles. The van der Waals surface area contributed by atoms with Crippen molar-refractivity contribution >= 4 is 23.3 Å². The van der Waals surface area contributed by atoms with Crippen LogP contribution in [0.2, 0.25) is 0 Å². The average molecular weight is 378 g/mol. The number of nitrogens with one attached hydrogen (secondary N) is 1. The van der Waals surface area contributed by atoms with Crippen molar-refractivity contribution in [3.8, 4) is 0 Å². The number of anilines is 2. The summed E-state index contributed by atoms with van der Waals surface area (Å²) in [6, 6.07) is 14.0. The van der Waals surface area contributed by atoms with Crippen LogP contribution in [0.15, 0.2) is 42.5 Å². The fourth-order valence-corrected chi connectivity index (χ4v) is 4.03. The molecule has 0 unspecified atom stereocenters. The van der Waals surface area contributed by atoms with Crippen LogP contribution in [0.5, 0.6) is 0 Å². The van der Waals surface area contributed by atoms with Gasteiger partial charge in [0.2, 0.25) is 0 Å². The van der Waals surface area contributed by atoms with Crippen molar-refractivity contribution in [3.63, 3.8) is 0 Å². The molecular weight excluding hydrogens is 352 g/mol. The Morgan fingerprint density at radius 3 is 2.46 bits per heavy atom. The molecule has 0 aromatic heterocycles. The molecule has 2 aliphatic rings. The van der Waals surface area contributed by atoms with Crippen molar-refractivity contribution in [2.75, 3.05) is 29.9 Å². The maximum Gasteiger partial charge on any atom is 0.310 e. The van der Waals surface area contributed by atoms with Crippen LogP contribution in [-0.4, -0.2) is 31.6 Å². The maximum atomic E-state index is 12.1. The van der Waals surface area contributed by atoms with Crippen molar-refractivity contribution in [3.05, 3.63) is 59.2 Å². The summed E-state index contributed by atoms with van der Waals surface area (Å²) in [7, 11) is 0. The van der Waals surface area contributed by atoms with Crippen LogP contribution >= 0.6 is 0 Å². The van der Waals surface area contributed by atoms with Gasteiger partial charge in [0.1, 0.15) is 0 Å². The zero-order chi connectivity index (χ0) is 19.3. The molecule has 0 atom stereocenters. The summed E-state index contributed by atoms with van der Waals surface area (Å²) in [5.41, 5.74) is 5.55. The summed E-state index contributed by atoms with van der Waals surface area (Å²) in [5, 5.41) is 2.78. The fraction of sp³-hybridized carbons (Fsp3) is 0.391. The third kappa shape index (κ3) is 4.53. The lowest BCUT2D eigenvalue weighted by molar-refractivity contribution is -0.146. The number of ether oxygens (including phenoxy) is 1. The van der Waals surface area contributed by atoms with Crippen LogP contribution in [0.3, 0.4) is 0 Å². The van der Waals surface area contributed by atoms with Gasteiger partial charge < -0.3 is 15.0 Å². The minimum atomic E-state index is -0.377. The summed E-state index contributed by atoms with van der Waals surface area (Å²) < 4.78 is 5.15. The number of hydrogen-bond acceptors (Lipinski definition) is 4. The molecule has 0 radical (unpaired) electrons. The molecule has 2 aromatic carbocycles. The second-order valence-electron chi connectivity index (χ2n) is 7.58. The lowest BCUT2D eigenvalue weighted by atomic mass is 10.0. The summed E-state index contributed by atoms with van der Waals surface area (Å²) in [6.07, 6.45) is 6.05. The molecule has 0 spiro atoms. The van der Waals surface area contributed by atoms with E-state index in [-0.39, 0.29) is 24.9 Å². The average Bonchev–Trinajstić information content (AvgIpc) is 3.38. The predicted octanol–water partition coefficient (Wildman–Crippen LogP) is 3.50. The van der Waals surface area contributed by atoms with Gasteiger partial charge >= 0.3 is 5.97 Å². The number of nitrogens with zero attached hydrogens (tertiary/aromatic N) is 1. The number of aryl methyl sites for hydroxylation is 2. The minimum Gasteiger partial charge on any atom is -0.455 e. The second-order valence-corrected chi connectivity index (χ2v) is 7.58. The third-order valence-corrected chi connectivity index (χ3v) is 5.50. The molecule has 2 aromatic rings. The molecule has 1 aliphatic carbocycles. The quantitative estimate of drug-likeness (QED) is 0.782. The van der Waals surface area contributed by atoms with E-state index in [1.54, 1.807) is 0 Å². The smallest absolute Gasteiger partial charge is 0.310 e. The highest BCUT2D eigenvalue weighted by molar-refractivity contribution is 5.93. The molecule has 0 saturated carbocycles. The number of hydrogen-bond donors (Lipinski definition) is 1. The molecule has 4 rings (SSSR count). The summed E-state index contributed by atoms with van der Waals surface area (Å²) in [6.45, 7) is 1.91.